The van der Waals surface area contributed by atoms with E-state index in [-0.39, 0.29) is 22.8 Å². The van der Waals surface area contributed by atoms with E-state index in [2.05, 4.69) is 26.2 Å². The fourth-order valence-corrected chi connectivity index (χ4v) is 3.01. The van der Waals surface area contributed by atoms with Gasteiger partial charge in [-0.1, -0.05) is 15.9 Å². The summed E-state index contributed by atoms with van der Waals surface area (Å²) in [6, 6.07) is 6.57. The molecule has 0 spiro atoms. The Hall–Kier alpha value is -2.48. The third kappa shape index (κ3) is 6.26. The number of carbonyl (C=O) groups is 3. The maximum Gasteiger partial charge on any atom is 0.345 e. The van der Waals surface area contributed by atoms with Gasteiger partial charge in [0.1, 0.15) is 5.57 Å². The van der Waals surface area contributed by atoms with Crippen molar-refractivity contribution in [3.05, 3.63) is 45.6 Å². The van der Waals surface area contributed by atoms with Crippen molar-refractivity contribution in [1.29, 1.82) is 0 Å². The second-order valence-electron chi connectivity index (χ2n) is 9.91. The minimum absolute atomic E-state index is 0.0530. The van der Waals surface area contributed by atoms with Gasteiger partial charge in [-0.2, -0.15) is 0 Å². The smallest absolute Gasteiger partial charge is 0.345 e. The second-order valence-corrected chi connectivity index (χ2v) is 10.8. The molecule has 0 aliphatic carbocycles. The van der Waals surface area contributed by atoms with E-state index in [1.165, 1.54) is 0 Å². The summed E-state index contributed by atoms with van der Waals surface area (Å²) in [6.45, 7) is 14.1. The number of aliphatic imine (C=N–C) groups is 1. The Bertz CT molecular complexity index is 961. The number of nitrogens with one attached hydrogen (secondary N) is 1. The van der Waals surface area contributed by atoms with Crippen molar-refractivity contribution in [3.63, 3.8) is 0 Å². The number of nitrogens with zero attached hydrogens (tertiary/aromatic N) is 1. The predicted molar refractivity (Wildman–Crippen MR) is 122 cm³/mol. The lowest BCUT2D eigenvalue weighted by atomic mass is 9.82. The van der Waals surface area contributed by atoms with Crippen molar-refractivity contribution in [3.8, 4) is 0 Å². The molecule has 1 aliphatic rings. The molecular formula is C23H29BrN2O5. The van der Waals surface area contributed by atoms with Crippen molar-refractivity contribution >= 4 is 39.7 Å². The molecule has 1 aromatic rings. The molecule has 0 atom stereocenters. The van der Waals surface area contributed by atoms with Gasteiger partial charge in [0.05, 0.1) is 16.5 Å². The number of hydrogen-bond donors (Lipinski definition) is 1. The van der Waals surface area contributed by atoms with E-state index in [1.54, 1.807) is 38.1 Å². The maximum absolute atomic E-state index is 13.0. The summed E-state index contributed by atoms with van der Waals surface area (Å²) in [7, 11) is 0. The first-order valence-corrected chi connectivity index (χ1v) is 10.7. The van der Waals surface area contributed by atoms with Crippen LogP contribution in [0.4, 0.5) is 0 Å². The molecule has 8 heteroatoms. The number of amides is 1. The van der Waals surface area contributed by atoms with Crippen LogP contribution in [0.25, 0.3) is 0 Å². The molecule has 0 unspecified atom stereocenters. The number of cyclic esters (lactones) is 1. The molecule has 0 bridgehead atoms. The van der Waals surface area contributed by atoms with E-state index in [0.717, 1.165) is 4.47 Å². The summed E-state index contributed by atoms with van der Waals surface area (Å²) in [4.78, 5) is 43.0. The van der Waals surface area contributed by atoms with Crippen LogP contribution >= 0.6 is 15.9 Å². The summed E-state index contributed by atoms with van der Waals surface area (Å²) in [6.07, 6.45) is 0. The minimum atomic E-state index is -1.34. The highest BCUT2D eigenvalue weighted by molar-refractivity contribution is 9.10. The molecule has 7 nitrogen and oxygen atoms in total. The third-order valence-corrected chi connectivity index (χ3v) is 4.74. The van der Waals surface area contributed by atoms with E-state index in [9.17, 15) is 14.4 Å². The van der Waals surface area contributed by atoms with Gasteiger partial charge in [0.2, 0.25) is 11.7 Å². The first-order valence-electron chi connectivity index (χ1n) is 9.89. The largest absolute Gasteiger partial charge is 0.416 e. The Morgan fingerprint density at radius 3 is 2.03 bits per heavy atom. The lowest BCUT2D eigenvalue weighted by Gasteiger charge is -2.29. The predicted octanol–water partition coefficient (Wildman–Crippen LogP) is 4.55. The van der Waals surface area contributed by atoms with Crippen molar-refractivity contribution < 1.29 is 23.9 Å². The molecule has 0 fully saturated rings. The zero-order chi connectivity index (χ0) is 23.8. The van der Waals surface area contributed by atoms with Gasteiger partial charge in [-0.05, 0) is 79.7 Å². The van der Waals surface area contributed by atoms with Crippen molar-refractivity contribution in [2.75, 3.05) is 0 Å². The fraction of sp³-hybridized carbons (Fsp3) is 0.478. The van der Waals surface area contributed by atoms with E-state index in [1.807, 2.05) is 41.5 Å². The Balaban J connectivity index is 2.58. The molecule has 1 N–H and O–H groups in total. The minimum Gasteiger partial charge on any atom is -0.416 e. The number of halogens is 1. The van der Waals surface area contributed by atoms with Crippen LogP contribution in [-0.2, 0) is 19.1 Å². The Morgan fingerprint density at radius 2 is 1.55 bits per heavy atom. The van der Waals surface area contributed by atoms with Gasteiger partial charge in [0.25, 0.3) is 5.90 Å². The number of rotatable bonds is 4. The Morgan fingerprint density at radius 1 is 1.00 bits per heavy atom. The van der Waals surface area contributed by atoms with Gasteiger partial charge in [-0.15, -0.1) is 0 Å². The summed E-state index contributed by atoms with van der Waals surface area (Å²) in [5.41, 5.74) is -2.25. The number of esters is 2. The molecular weight excluding hydrogens is 464 g/mol. The lowest BCUT2D eigenvalue weighted by molar-refractivity contribution is -0.136. The first kappa shape index (κ1) is 24.8. The monoisotopic (exact) mass is 492 g/mol. The highest BCUT2D eigenvalue weighted by Gasteiger charge is 2.48. The molecule has 2 rings (SSSR count). The van der Waals surface area contributed by atoms with Gasteiger partial charge in [-0.3, -0.25) is 4.79 Å². The van der Waals surface area contributed by atoms with Crippen molar-refractivity contribution in [2.24, 2.45) is 10.4 Å². The van der Waals surface area contributed by atoms with Gasteiger partial charge in [0, 0.05) is 10.0 Å². The standard InChI is InChI=1S/C23H29BrN2O5/c1-21(2,3)25-17-16(30-18(27)13-9-11-14(24)12-10-13)15(19(28)31-17)23(7,8)20(29)26-22(4,5)6/h9-12H,1-8H3,(H,26,29). The average molecular weight is 493 g/mol. The van der Waals surface area contributed by atoms with Crippen molar-refractivity contribution in [2.45, 2.75) is 66.5 Å². The van der Waals surface area contributed by atoms with Crippen LogP contribution in [0.5, 0.6) is 0 Å². The van der Waals surface area contributed by atoms with Crippen LogP contribution in [0.1, 0.15) is 65.7 Å². The average Bonchev–Trinajstić information content (AvgIpc) is 2.87. The SMILES string of the molecule is CC(C)(C)N=C1OC(=O)C(C(C)(C)C(=O)NC(C)(C)C)=C1OC(=O)c1ccc(Br)cc1. The molecule has 0 radical (unpaired) electrons. The van der Waals surface area contributed by atoms with E-state index < -0.39 is 34.3 Å². The van der Waals surface area contributed by atoms with Crippen LogP contribution in [0.2, 0.25) is 0 Å². The molecule has 0 aromatic heterocycles. The summed E-state index contributed by atoms with van der Waals surface area (Å²) in [5.74, 6) is -2.11. The van der Waals surface area contributed by atoms with Crippen LogP contribution in [-0.4, -0.2) is 34.8 Å². The summed E-state index contributed by atoms with van der Waals surface area (Å²) in [5, 5.41) is 2.87. The van der Waals surface area contributed by atoms with Gasteiger partial charge in [-0.25, -0.2) is 14.6 Å². The second kappa shape index (κ2) is 8.57. The molecule has 0 saturated heterocycles. The molecule has 1 heterocycles. The quantitative estimate of drug-likeness (QED) is 0.621. The van der Waals surface area contributed by atoms with Crippen molar-refractivity contribution in [1.82, 2.24) is 5.32 Å². The topological polar surface area (TPSA) is 94.1 Å². The maximum atomic E-state index is 13.0. The zero-order valence-corrected chi connectivity index (χ0v) is 20.8. The van der Waals surface area contributed by atoms with E-state index in [0.29, 0.717) is 0 Å². The zero-order valence-electron chi connectivity index (χ0n) is 19.2. The number of carbonyl (C=O) groups excluding carboxylic acids is 3. The lowest BCUT2D eigenvalue weighted by Crippen LogP contribution is -2.48. The van der Waals surface area contributed by atoms with E-state index >= 15 is 0 Å². The summed E-state index contributed by atoms with van der Waals surface area (Å²) >= 11 is 3.32. The molecule has 1 aliphatic heterocycles. The van der Waals surface area contributed by atoms with Crippen LogP contribution in [0.3, 0.4) is 0 Å². The molecule has 1 amide bonds. The molecule has 31 heavy (non-hydrogen) atoms. The van der Waals surface area contributed by atoms with Gasteiger partial charge < -0.3 is 14.8 Å². The fourth-order valence-electron chi connectivity index (χ4n) is 2.74. The van der Waals surface area contributed by atoms with Gasteiger partial charge >= 0.3 is 11.9 Å². The highest BCUT2D eigenvalue weighted by atomic mass is 79.9. The summed E-state index contributed by atoms with van der Waals surface area (Å²) < 4.78 is 11.8. The Labute approximate surface area is 191 Å². The molecule has 0 saturated carbocycles. The van der Waals surface area contributed by atoms with Crippen LogP contribution in [0.15, 0.2) is 45.1 Å². The number of hydrogen-bond acceptors (Lipinski definition) is 6. The normalized spacial score (nSPS) is 16.4. The number of benzene rings is 1. The Kier molecular flexibility index (Phi) is 6.85. The van der Waals surface area contributed by atoms with Crippen LogP contribution < -0.4 is 5.32 Å². The first-order chi connectivity index (χ1) is 14.0. The molecule has 1 aromatic carbocycles. The number of ether oxygens (including phenoxy) is 2. The van der Waals surface area contributed by atoms with Crippen LogP contribution in [0, 0.1) is 5.41 Å². The third-order valence-electron chi connectivity index (χ3n) is 4.21. The van der Waals surface area contributed by atoms with Gasteiger partial charge in [0.15, 0.2) is 0 Å². The molecule has 168 valence electrons. The van der Waals surface area contributed by atoms with E-state index in [4.69, 9.17) is 9.47 Å². The highest BCUT2D eigenvalue weighted by Crippen LogP contribution is 2.37.